The minimum atomic E-state index is -0.253. The Morgan fingerprint density at radius 3 is 1.39 bits per heavy atom. The van der Waals surface area contributed by atoms with E-state index in [1.54, 1.807) is 0 Å². The van der Waals surface area contributed by atoms with Crippen molar-refractivity contribution >= 4 is 18.5 Å². The summed E-state index contributed by atoms with van der Waals surface area (Å²) in [6.07, 6.45) is 1.33. The molecule has 0 N–H and O–H groups in total. The Hall–Kier alpha value is -1.13. The SMILES string of the molecule is CC1C(C)C(C)C(CP(c2ccccc2)c2ccccc2)C1C. The molecular weight excluding hydrogens is 295 g/mol. The minimum Gasteiger partial charge on any atom is -0.0622 e. The maximum Gasteiger partial charge on any atom is -0.0195 e. The van der Waals surface area contributed by atoms with Crippen LogP contribution in [0.1, 0.15) is 27.7 Å². The van der Waals surface area contributed by atoms with E-state index in [0.29, 0.717) is 0 Å². The molecule has 0 heterocycles. The molecule has 0 amide bonds. The predicted molar refractivity (Wildman–Crippen MR) is 104 cm³/mol. The third-order valence-corrected chi connectivity index (χ3v) is 9.00. The maximum absolute atomic E-state index is 2.48. The first-order valence-electron chi connectivity index (χ1n) is 8.97. The van der Waals surface area contributed by atoms with Crippen molar-refractivity contribution in [1.29, 1.82) is 0 Å². The summed E-state index contributed by atoms with van der Waals surface area (Å²) in [5, 5.41) is 3.06. The molecule has 1 aliphatic rings. The second-order valence-electron chi connectivity index (χ2n) is 7.38. The summed E-state index contributed by atoms with van der Waals surface area (Å²) in [6, 6.07) is 22.4. The highest BCUT2D eigenvalue weighted by Crippen LogP contribution is 2.50. The summed E-state index contributed by atoms with van der Waals surface area (Å²) in [4.78, 5) is 0. The standard InChI is InChI=1S/C22H29P/c1-16-17(2)19(4)22(18(16)3)15-23(20-11-7-5-8-12-20)21-13-9-6-10-14-21/h5-14,16-19,22H,15H2,1-4H3. The van der Waals surface area contributed by atoms with E-state index < -0.39 is 0 Å². The quantitative estimate of drug-likeness (QED) is 0.670. The highest BCUT2D eigenvalue weighted by molar-refractivity contribution is 7.73. The summed E-state index contributed by atoms with van der Waals surface area (Å²) in [6.45, 7) is 9.88. The second kappa shape index (κ2) is 7.18. The van der Waals surface area contributed by atoms with Gasteiger partial charge in [-0.2, -0.15) is 0 Å². The Morgan fingerprint density at radius 1 is 0.609 bits per heavy atom. The monoisotopic (exact) mass is 324 g/mol. The fourth-order valence-electron chi connectivity index (χ4n) is 4.34. The molecule has 2 aromatic carbocycles. The molecule has 3 rings (SSSR count). The van der Waals surface area contributed by atoms with Crippen molar-refractivity contribution in [3.05, 3.63) is 60.7 Å². The predicted octanol–water partition coefficient (Wildman–Crippen LogP) is 5.29. The van der Waals surface area contributed by atoms with Gasteiger partial charge in [-0.05, 0) is 54.3 Å². The summed E-state index contributed by atoms with van der Waals surface area (Å²) < 4.78 is 0. The lowest BCUT2D eigenvalue weighted by molar-refractivity contribution is 0.352. The van der Waals surface area contributed by atoms with E-state index in [2.05, 4.69) is 88.4 Å². The molecule has 4 unspecified atom stereocenters. The first-order valence-corrected chi connectivity index (χ1v) is 10.5. The molecule has 0 saturated heterocycles. The average molecular weight is 324 g/mol. The van der Waals surface area contributed by atoms with E-state index in [0.717, 1.165) is 29.6 Å². The normalized spacial score (nSPS) is 30.7. The molecule has 0 aromatic heterocycles. The zero-order valence-corrected chi connectivity index (χ0v) is 15.7. The van der Waals surface area contributed by atoms with Crippen LogP contribution >= 0.6 is 7.92 Å². The van der Waals surface area contributed by atoms with Gasteiger partial charge < -0.3 is 0 Å². The number of hydrogen-bond donors (Lipinski definition) is 0. The molecule has 2 aromatic rings. The van der Waals surface area contributed by atoms with Crippen molar-refractivity contribution in [2.24, 2.45) is 29.6 Å². The van der Waals surface area contributed by atoms with Crippen LogP contribution in [0, 0.1) is 29.6 Å². The van der Waals surface area contributed by atoms with Gasteiger partial charge in [0.15, 0.2) is 0 Å². The van der Waals surface area contributed by atoms with E-state index in [-0.39, 0.29) is 7.92 Å². The molecule has 23 heavy (non-hydrogen) atoms. The van der Waals surface area contributed by atoms with Gasteiger partial charge in [0.25, 0.3) is 0 Å². The Bertz CT molecular complexity index is 553. The fraction of sp³-hybridized carbons (Fsp3) is 0.455. The third-order valence-electron chi connectivity index (χ3n) is 6.37. The van der Waals surface area contributed by atoms with Crippen molar-refractivity contribution in [2.45, 2.75) is 27.7 Å². The molecule has 1 fully saturated rings. The fourth-order valence-corrected chi connectivity index (χ4v) is 7.21. The number of benzene rings is 2. The van der Waals surface area contributed by atoms with Gasteiger partial charge in [0.2, 0.25) is 0 Å². The molecule has 4 atom stereocenters. The largest absolute Gasteiger partial charge is 0.0622 e. The molecule has 1 aliphatic carbocycles. The van der Waals surface area contributed by atoms with Crippen LogP contribution in [0.25, 0.3) is 0 Å². The lowest BCUT2D eigenvalue weighted by atomic mass is 9.91. The molecule has 0 radical (unpaired) electrons. The van der Waals surface area contributed by atoms with E-state index in [4.69, 9.17) is 0 Å². The molecule has 0 bridgehead atoms. The van der Waals surface area contributed by atoms with Gasteiger partial charge in [0, 0.05) is 0 Å². The zero-order valence-electron chi connectivity index (χ0n) is 14.8. The van der Waals surface area contributed by atoms with Gasteiger partial charge in [-0.15, -0.1) is 0 Å². The van der Waals surface area contributed by atoms with E-state index in [1.807, 2.05) is 0 Å². The summed E-state index contributed by atoms with van der Waals surface area (Å²) in [5.74, 6) is 4.19. The van der Waals surface area contributed by atoms with Crippen LogP contribution < -0.4 is 10.6 Å². The summed E-state index contributed by atoms with van der Waals surface area (Å²) in [5.41, 5.74) is 0. The van der Waals surface area contributed by atoms with Gasteiger partial charge >= 0.3 is 0 Å². The topological polar surface area (TPSA) is 0 Å². The summed E-state index contributed by atoms with van der Waals surface area (Å²) in [7, 11) is -0.253. The molecule has 0 spiro atoms. The zero-order chi connectivity index (χ0) is 16.4. The smallest absolute Gasteiger partial charge is 0.0195 e. The first kappa shape index (κ1) is 16.7. The Balaban J connectivity index is 1.91. The molecule has 122 valence electrons. The maximum atomic E-state index is 2.48. The average Bonchev–Trinajstić information content (AvgIpc) is 2.78. The van der Waals surface area contributed by atoms with Crippen LogP contribution in [0.3, 0.4) is 0 Å². The molecule has 0 nitrogen and oxygen atoms in total. The van der Waals surface area contributed by atoms with Crippen molar-refractivity contribution in [3.8, 4) is 0 Å². The molecular formula is C22H29P. The van der Waals surface area contributed by atoms with E-state index in [1.165, 1.54) is 16.8 Å². The molecule has 1 saturated carbocycles. The van der Waals surface area contributed by atoms with Crippen LogP contribution in [0.4, 0.5) is 0 Å². The van der Waals surface area contributed by atoms with Crippen LogP contribution in [0.5, 0.6) is 0 Å². The number of hydrogen-bond acceptors (Lipinski definition) is 0. The van der Waals surface area contributed by atoms with Crippen molar-refractivity contribution in [3.63, 3.8) is 0 Å². The van der Waals surface area contributed by atoms with Crippen LogP contribution in [0.15, 0.2) is 60.7 Å². The van der Waals surface area contributed by atoms with Gasteiger partial charge in [-0.3, -0.25) is 0 Å². The van der Waals surface area contributed by atoms with Gasteiger partial charge in [-0.1, -0.05) is 88.4 Å². The van der Waals surface area contributed by atoms with Crippen molar-refractivity contribution in [2.75, 3.05) is 6.16 Å². The highest BCUT2D eigenvalue weighted by atomic mass is 31.1. The van der Waals surface area contributed by atoms with Crippen LogP contribution in [0.2, 0.25) is 0 Å². The Morgan fingerprint density at radius 2 is 1.00 bits per heavy atom. The van der Waals surface area contributed by atoms with E-state index in [9.17, 15) is 0 Å². The van der Waals surface area contributed by atoms with Gasteiger partial charge in [0.05, 0.1) is 0 Å². The molecule has 1 heteroatoms. The van der Waals surface area contributed by atoms with Crippen molar-refractivity contribution < 1.29 is 0 Å². The lowest BCUT2D eigenvalue weighted by Gasteiger charge is -2.28. The lowest BCUT2D eigenvalue weighted by Crippen LogP contribution is -2.23. The van der Waals surface area contributed by atoms with E-state index >= 15 is 0 Å². The van der Waals surface area contributed by atoms with Crippen LogP contribution in [-0.2, 0) is 0 Å². The first-order chi connectivity index (χ1) is 11.1. The second-order valence-corrected chi connectivity index (χ2v) is 9.64. The number of rotatable bonds is 4. The van der Waals surface area contributed by atoms with Crippen LogP contribution in [-0.4, -0.2) is 6.16 Å². The molecule has 0 aliphatic heterocycles. The van der Waals surface area contributed by atoms with Crippen molar-refractivity contribution in [1.82, 2.24) is 0 Å². The van der Waals surface area contributed by atoms with Gasteiger partial charge in [-0.25, -0.2) is 0 Å². The minimum absolute atomic E-state index is 0.253. The summed E-state index contributed by atoms with van der Waals surface area (Å²) >= 11 is 0. The Kier molecular flexibility index (Phi) is 5.22. The third kappa shape index (κ3) is 3.38. The Labute approximate surface area is 143 Å². The highest BCUT2D eigenvalue weighted by Gasteiger charge is 2.42. The van der Waals surface area contributed by atoms with Gasteiger partial charge in [0.1, 0.15) is 0 Å².